The van der Waals surface area contributed by atoms with Gasteiger partial charge in [-0.3, -0.25) is 0 Å². The first-order chi connectivity index (χ1) is 8.04. The maximum atomic E-state index is 3.59. The third kappa shape index (κ3) is 4.81. The number of hydrogen-bond acceptors (Lipinski definition) is 1. The topological polar surface area (TPSA) is 12.0 Å². The third-order valence-electron chi connectivity index (χ3n) is 3.41. The molecule has 1 atom stereocenters. The largest absolute Gasteiger partial charge is 0.320 e. The molecule has 1 aromatic rings. The van der Waals surface area contributed by atoms with E-state index in [4.69, 9.17) is 0 Å². The zero-order valence-electron chi connectivity index (χ0n) is 11.4. The fraction of sp³-hybridized carbons (Fsp3) is 0.600. The number of nitrogens with one attached hydrogen (secondary N) is 1. The zero-order valence-corrected chi connectivity index (χ0v) is 13.0. The van der Waals surface area contributed by atoms with Gasteiger partial charge in [-0.2, -0.15) is 0 Å². The first-order valence-electron chi connectivity index (χ1n) is 6.44. The smallest absolute Gasteiger partial charge is 0.0207 e. The molecule has 0 spiro atoms. The van der Waals surface area contributed by atoms with Gasteiger partial charge in [0, 0.05) is 4.47 Å². The Labute approximate surface area is 114 Å². The molecule has 0 aliphatic rings. The Balaban J connectivity index is 2.54. The minimum Gasteiger partial charge on any atom is -0.320 e. The average molecular weight is 298 g/mol. The standard InChI is InChI=1S/C15H24BrN/c1-11(7-8-17-4)5-6-14-9-13(3)15(16)10-12(14)2/h9-11,17H,5-8H2,1-4H3. The van der Waals surface area contributed by atoms with E-state index in [1.54, 1.807) is 0 Å². The van der Waals surface area contributed by atoms with Crippen LogP contribution >= 0.6 is 15.9 Å². The summed E-state index contributed by atoms with van der Waals surface area (Å²) >= 11 is 3.59. The highest BCUT2D eigenvalue weighted by atomic mass is 79.9. The first kappa shape index (κ1) is 14.7. The highest BCUT2D eigenvalue weighted by Crippen LogP contribution is 2.23. The van der Waals surface area contributed by atoms with Crippen molar-refractivity contribution in [1.82, 2.24) is 5.32 Å². The molecule has 1 aromatic carbocycles. The van der Waals surface area contributed by atoms with E-state index in [9.17, 15) is 0 Å². The van der Waals surface area contributed by atoms with Crippen molar-refractivity contribution in [3.63, 3.8) is 0 Å². The Hall–Kier alpha value is -0.340. The van der Waals surface area contributed by atoms with Crippen LogP contribution in [0.2, 0.25) is 0 Å². The van der Waals surface area contributed by atoms with Crippen LogP contribution in [-0.2, 0) is 6.42 Å². The van der Waals surface area contributed by atoms with Gasteiger partial charge in [0.15, 0.2) is 0 Å². The number of aryl methyl sites for hydroxylation is 3. The van der Waals surface area contributed by atoms with Gasteiger partial charge in [0.2, 0.25) is 0 Å². The minimum atomic E-state index is 0.797. The van der Waals surface area contributed by atoms with Crippen LogP contribution < -0.4 is 5.32 Å². The maximum Gasteiger partial charge on any atom is 0.0207 e. The monoisotopic (exact) mass is 297 g/mol. The molecule has 0 saturated heterocycles. The van der Waals surface area contributed by atoms with Gasteiger partial charge in [0.25, 0.3) is 0 Å². The van der Waals surface area contributed by atoms with Crippen LogP contribution in [0.5, 0.6) is 0 Å². The van der Waals surface area contributed by atoms with Crippen LogP contribution in [0.3, 0.4) is 0 Å². The summed E-state index contributed by atoms with van der Waals surface area (Å²) in [5.74, 6) is 0.797. The number of benzene rings is 1. The molecule has 0 heterocycles. The second-order valence-corrected chi connectivity index (χ2v) is 5.92. The molecule has 96 valence electrons. The molecule has 0 fully saturated rings. The Bertz CT molecular complexity index is 360. The Morgan fingerprint density at radius 1 is 1.18 bits per heavy atom. The summed E-state index contributed by atoms with van der Waals surface area (Å²) in [6.07, 6.45) is 3.75. The fourth-order valence-corrected chi connectivity index (χ4v) is 2.50. The number of halogens is 1. The minimum absolute atomic E-state index is 0.797. The molecular formula is C15H24BrN. The lowest BCUT2D eigenvalue weighted by molar-refractivity contribution is 0.481. The molecule has 0 aliphatic heterocycles. The SMILES string of the molecule is CNCCC(C)CCc1cc(C)c(Br)cc1C. The molecule has 0 amide bonds. The fourth-order valence-electron chi connectivity index (χ4n) is 2.05. The van der Waals surface area contributed by atoms with Gasteiger partial charge in [0.1, 0.15) is 0 Å². The first-order valence-corrected chi connectivity index (χ1v) is 7.24. The van der Waals surface area contributed by atoms with Crippen LogP contribution in [0.25, 0.3) is 0 Å². The van der Waals surface area contributed by atoms with E-state index in [0.29, 0.717) is 0 Å². The molecule has 0 bridgehead atoms. The van der Waals surface area contributed by atoms with E-state index in [1.807, 2.05) is 7.05 Å². The normalized spacial score (nSPS) is 12.8. The average Bonchev–Trinajstić information content (AvgIpc) is 2.29. The molecular weight excluding hydrogens is 274 g/mol. The summed E-state index contributed by atoms with van der Waals surface area (Å²) in [5, 5.41) is 3.22. The molecule has 0 aromatic heterocycles. The maximum absolute atomic E-state index is 3.59. The zero-order chi connectivity index (χ0) is 12.8. The summed E-state index contributed by atoms with van der Waals surface area (Å²) in [7, 11) is 2.02. The highest BCUT2D eigenvalue weighted by Gasteiger charge is 2.06. The summed E-state index contributed by atoms with van der Waals surface area (Å²) in [6.45, 7) is 7.84. The van der Waals surface area contributed by atoms with E-state index in [-0.39, 0.29) is 0 Å². The van der Waals surface area contributed by atoms with Crippen molar-refractivity contribution in [2.45, 2.75) is 40.0 Å². The number of hydrogen-bond donors (Lipinski definition) is 1. The summed E-state index contributed by atoms with van der Waals surface area (Å²) in [4.78, 5) is 0. The Morgan fingerprint density at radius 2 is 1.88 bits per heavy atom. The van der Waals surface area contributed by atoms with Crippen LogP contribution in [0.15, 0.2) is 16.6 Å². The van der Waals surface area contributed by atoms with Crippen molar-refractivity contribution in [3.8, 4) is 0 Å². The third-order valence-corrected chi connectivity index (χ3v) is 4.27. The molecule has 17 heavy (non-hydrogen) atoms. The number of rotatable bonds is 6. The quantitative estimate of drug-likeness (QED) is 0.828. The summed E-state index contributed by atoms with van der Waals surface area (Å²) < 4.78 is 1.22. The van der Waals surface area contributed by atoms with Gasteiger partial charge in [-0.05, 0) is 75.4 Å². The van der Waals surface area contributed by atoms with Gasteiger partial charge in [-0.15, -0.1) is 0 Å². The summed E-state index contributed by atoms with van der Waals surface area (Å²) in [6, 6.07) is 4.56. The van der Waals surface area contributed by atoms with Crippen molar-refractivity contribution < 1.29 is 0 Å². The second kappa shape index (κ2) is 7.17. The highest BCUT2D eigenvalue weighted by molar-refractivity contribution is 9.10. The van der Waals surface area contributed by atoms with Gasteiger partial charge in [-0.25, -0.2) is 0 Å². The molecule has 2 heteroatoms. The van der Waals surface area contributed by atoms with Crippen molar-refractivity contribution in [2.75, 3.05) is 13.6 Å². The van der Waals surface area contributed by atoms with E-state index in [0.717, 1.165) is 12.5 Å². The summed E-state index contributed by atoms with van der Waals surface area (Å²) in [5.41, 5.74) is 4.25. The van der Waals surface area contributed by atoms with Crippen LogP contribution in [0.4, 0.5) is 0 Å². The molecule has 1 unspecified atom stereocenters. The molecule has 1 nitrogen and oxygen atoms in total. The van der Waals surface area contributed by atoms with E-state index < -0.39 is 0 Å². The van der Waals surface area contributed by atoms with Crippen LogP contribution in [-0.4, -0.2) is 13.6 Å². The lowest BCUT2D eigenvalue weighted by Gasteiger charge is -2.13. The predicted molar refractivity (Wildman–Crippen MR) is 79.6 cm³/mol. The predicted octanol–water partition coefficient (Wildman–Crippen LogP) is 4.24. The van der Waals surface area contributed by atoms with E-state index >= 15 is 0 Å². The van der Waals surface area contributed by atoms with Crippen molar-refractivity contribution in [3.05, 3.63) is 33.3 Å². The van der Waals surface area contributed by atoms with Crippen molar-refractivity contribution in [2.24, 2.45) is 5.92 Å². The van der Waals surface area contributed by atoms with Gasteiger partial charge in [0.05, 0.1) is 0 Å². The van der Waals surface area contributed by atoms with Gasteiger partial charge >= 0.3 is 0 Å². The Morgan fingerprint density at radius 3 is 2.53 bits per heavy atom. The van der Waals surface area contributed by atoms with E-state index in [2.05, 4.69) is 54.2 Å². The van der Waals surface area contributed by atoms with Crippen molar-refractivity contribution in [1.29, 1.82) is 0 Å². The molecule has 0 radical (unpaired) electrons. The van der Waals surface area contributed by atoms with E-state index in [1.165, 1.54) is 40.4 Å². The molecule has 1 N–H and O–H groups in total. The van der Waals surface area contributed by atoms with Crippen LogP contribution in [0, 0.1) is 19.8 Å². The van der Waals surface area contributed by atoms with Crippen molar-refractivity contribution >= 4 is 15.9 Å². The van der Waals surface area contributed by atoms with Gasteiger partial charge in [-0.1, -0.05) is 28.9 Å². The molecule has 0 saturated carbocycles. The molecule has 0 aliphatic carbocycles. The van der Waals surface area contributed by atoms with Crippen LogP contribution in [0.1, 0.15) is 36.5 Å². The lowest BCUT2D eigenvalue weighted by Crippen LogP contribution is -2.12. The lowest BCUT2D eigenvalue weighted by atomic mass is 9.95. The van der Waals surface area contributed by atoms with Gasteiger partial charge < -0.3 is 5.32 Å². The second-order valence-electron chi connectivity index (χ2n) is 5.06. The Kier molecular flexibility index (Phi) is 6.21. The molecule has 1 rings (SSSR count).